The molecule has 0 radical (unpaired) electrons. The van der Waals surface area contributed by atoms with E-state index in [1.165, 1.54) is 12.3 Å². The summed E-state index contributed by atoms with van der Waals surface area (Å²) in [4.78, 5) is 18.5. The van der Waals surface area contributed by atoms with Crippen molar-refractivity contribution >= 4 is 86.6 Å². The van der Waals surface area contributed by atoms with Gasteiger partial charge in [-0.3, -0.25) is 4.79 Å². The number of piperidine rings is 2. The standard InChI is InChI=1S/C28H37Br2ClN4O7S3/c29-22-17-24(43-25(22)31)45(40,41)35-12-6-20(7-13-35)3-1-2-19-4-10-34(11-5-19)26-23(30)16-21(18-32-26)44(38,39)33-28(27(36)37)8-14-42-15-9-28/h16-20,33H,1-15H2,(H,36,37). The maximum atomic E-state index is 13.1. The second kappa shape index (κ2) is 14.7. The fraction of sp³-hybridized carbons (Fsp3) is 0.643. The first-order valence-corrected chi connectivity index (χ1v) is 20.7. The highest BCUT2D eigenvalue weighted by Gasteiger charge is 2.44. The van der Waals surface area contributed by atoms with Gasteiger partial charge in [0.25, 0.3) is 10.0 Å². The fourth-order valence-electron chi connectivity index (χ4n) is 6.34. The minimum atomic E-state index is -4.12. The largest absolute Gasteiger partial charge is 0.480 e. The van der Waals surface area contributed by atoms with Crippen molar-refractivity contribution in [1.82, 2.24) is 14.0 Å². The highest BCUT2D eigenvalue weighted by atomic mass is 79.9. The lowest BCUT2D eigenvalue weighted by Crippen LogP contribution is -2.57. The number of carboxylic acid groups (broad SMARTS) is 1. The quantitative estimate of drug-likeness (QED) is 0.291. The van der Waals surface area contributed by atoms with E-state index in [0.717, 1.165) is 69.4 Å². The van der Waals surface area contributed by atoms with Crippen molar-refractivity contribution in [3.8, 4) is 0 Å². The Kier molecular flexibility index (Phi) is 11.6. The highest BCUT2D eigenvalue weighted by Crippen LogP contribution is 2.38. The minimum absolute atomic E-state index is 0.0528. The summed E-state index contributed by atoms with van der Waals surface area (Å²) in [5.74, 6) is 0.575. The monoisotopic (exact) mass is 830 g/mol. The smallest absolute Gasteiger partial charge is 0.325 e. The number of ether oxygens (including phenoxy) is 1. The van der Waals surface area contributed by atoms with E-state index in [-0.39, 0.29) is 35.2 Å². The van der Waals surface area contributed by atoms with E-state index < -0.39 is 31.6 Å². The van der Waals surface area contributed by atoms with E-state index in [2.05, 4.69) is 46.5 Å². The van der Waals surface area contributed by atoms with E-state index in [1.807, 2.05) is 0 Å². The Morgan fingerprint density at radius 2 is 1.62 bits per heavy atom. The number of halogens is 3. The van der Waals surface area contributed by atoms with Crippen LogP contribution in [-0.2, 0) is 29.6 Å². The molecule has 3 aliphatic rings. The molecular weight excluding hydrogens is 796 g/mol. The molecular formula is C28H37Br2ClN4O7S3. The SMILES string of the molecule is O=C(O)C1(NS(=O)(=O)c2cnc(N3CCC(CCCC4CCN(S(=O)(=O)c5cc(Br)c(Cl)s5)CC4)CC3)c(Br)c2)CCOCC1. The van der Waals surface area contributed by atoms with E-state index in [0.29, 0.717) is 44.0 Å². The predicted octanol–water partition coefficient (Wildman–Crippen LogP) is 5.72. The number of aliphatic carboxylic acids is 1. The number of nitrogens with zero attached hydrogens (tertiary/aromatic N) is 3. The summed E-state index contributed by atoms with van der Waals surface area (Å²) in [6, 6.07) is 3.06. The molecule has 0 spiro atoms. The molecule has 2 aromatic rings. The number of sulfonamides is 2. The summed E-state index contributed by atoms with van der Waals surface area (Å²) in [5.41, 5.74) is -1.60. The molecule has 11 nitrogen and oxygen atoms in total. The van der Waals surface area contributed by atoms with Gasteiger partial charge in [-0.05, 0) is 81.5 Å². The Balaban J connectivity index is 1.06. The number of thiophene rings is 1. The Bertz CT molecular complexity index is 1570. The van der Waals surface area contributed by atoms with Crippen molar-refractivity contribution in [2.45, 2.75) is 72.4 Å². The Hall–Kier alpha value is -0.850. The number of carboxylic acids is 1. The number of pyridine rings is 1. The summed E-state index contributed by atoms with van der Waals surface area (Å²) >= 11 is 13.9. The second-order valence-electron chi connectivity index (χ2n) is 12.0. The molecule has 45 heavy (non-hydrogen) atoms. The number of aromatic nitrogens is 1. The zero-order valence-electron chi connectivity index (χ0n) is 24.6. The third kappa shape index (κ3) is 8.24. The molecule has 2 N–H and O–H groups in total. The van der Waals surface area contributed by atoms with E-state index in [1.54, 1.807) is 10.4 Å². The average Bonchev–Trinajstić information content (AvgIpc) is 3.36. The summed E-state index contributed by atoms with van der Waals surface area (Å²) in [6.45, 7) is 3.02. The van der Waals surface area contributed by atoms with Crippen molar-refractivity contribution in [3.05, 3.63) is 31.6 Å². The van der Waals surface area contributed by atoms with Gasteiger partial charge in [-0.15, -0.1) is 11.3 Å². The van der Waals surface area contributed by atoms with Crippen LogP contribution in [0.5, 0.6) is 0 Å². The van der Waals surface area contributed by atoms with Gasteiger partial charge in [-0.2, -0.15) is 9.03 Å². The molecule has 3 aliphatic heterocycles. The Morgan fingerprint density at radius 1 is 1.02 bits per heavy atom. The topological polar surface area (TPSA) is 146 Å². The fourth-order valence-corrected chi connectivity index (χ4v) is 12.4. The number of anilines is 1. The van der Waals surface area contributed by atoms with Gasteiger partial charge in [0, 0.05) is 62.9 Å². The molecule has 0 aliphatic carbocycles. The number of hydrogen-bond acceptors (Lipinski definition) is 9. The molecule has 5 heterocycles. The molecule has 0 amide bonds. The van der Waals surface area contributed by atoms with Gasteiger partial charge in [-0.25, -0.2) is 21.8 Å². The van der Waals surface area contributed by atoms with Crippen LogP contribution in [0.4, 0.5) is 5.82 Å². The molecule has 3 saturated heterocycles. The van der Waals surface area contributed by atoms with Gasteiger partial charge in [0.2, 0.25) is 10.0 Å². The zero-order valence-corrected chi connectivity index (χ0v) is 31.0. The van der Waals surface area contributed by atoms with Gasteiger partial charge >= 0.3 is 5.97 Å². The van der Waals surface area contributed by atoms with Crippen LogP contribution in [0.1, 0.15) is 57.8 Å². The third-order valence-corrected chi connectivity index (χ3v) is 16.0. The molecule has 0 aromatic carbocycles. The van der Waals surface area contributed by atoms with Gasteiger partial charge in [0.1, 0.15) is 24.8 Å². The van der Waals surface area contributed by atoms with Gasteiger partial charge in [-0.1, -0.05) is 30.9 Å². The number of hydrogen-bond donors (Lipinski definition) is 2. The van der Waals surface area contributed by atoms with E-state index >= 15 is 0 Å². The first-order valence-electron chi connectivity index (χ1n) is 15.0. The summed E-state index contributed by atoms with van der Waals surface area (Å²) < 4.78 is 63.3. The number of rotatable bonds is 11. The maximum absolute atomic E-state index is 13.1. The van der Waals surface area contributed by atoms with Crippen LogP contribution < -0.4 is 9.62 Å². The van der Waals surface area contributed by atoms with E-state index in [4.69, 9.17) is 16.3 Å². The van der Waals surface area contributed by atoms with Crippen LogP contribution in [0.15, 0.2) is 36.4 Å². The molecule has 2 aromatic heterocycles. The Labute approximate surface area is 290 Å². The first kappa shape index (κ1) is 35.5. The predicted molar refractivity (Wildman–Crippen MR) is 180 cm³/mol. The third-order valence-electron chi connectivity index (χ3n) is 9.12. The van der Waals surface area contributed by atoms with E-state index in [9.17, 15) is 26.7 Å². The molecule has 5 rings (SSSR count). The number of nitrogens with one attached hydrogen (secondary N) is 1. The highest BCUT2D eigenvalue weighted by molar-refractivity contribution is 9.11. The normalized spacial score (nSPS) is 20.8. The van der Waals surface area contributed by atoms with Crippen LogP contribution in [0.2, 0.25) is 4.34 Å². The second-order valence-corrected chi connectivity index (χ2v) is 19.2. The summed E-state index contributed by atoms with van der Waals surface area (Å²) in [5, 5.41) is 9.75. The summed E-state index contributed by atoms with van der Waals surface area (Å²) in [7, 11) is -7.63. The lowest BCUT2D eigenvalue weighted by atomic mass is 9.87. The minimum Gasteiger partial charge on any atom is -0.480 e. The molecule has 0 atom stereocenters. The van der Waals surface area contributed by atoms with Crippen LogP contribution in [-0.4, -0.2) is 82.1 Å². The van der Waals surface area contributed by atoms with Gasteiger partial charge in [0.05, 0.1) is 4.47 Å². The lowest BCUT2D eigenvalue weighted by molar-refractivity contribution is -0.147. The molecule has 250 valence electrons. The maximum Gasteiger partial charge on any atom is 0.325 e. The molecule has 0 unspecified atom stereocenters. The molecule has 3 fully saturated rings. The van der Waals surface area contributed by atoms with Crippen LogP contribution >= 0.6 is 54.8 Å². The molecule has 17 heteroatoms. The summed E-state index contributed by atoms with van der Waals surface area (Å²) in [6.07, 6.45) is 8.47. The lowest BCUT2D eigenvalue weighted by Gasteiger charge is -2.34. The van der Waals surface area contributed by atoms with Crippen LogP contribution in [0, 0.1) is 11.8 Å². The van der Waals surface area contributed by atoms with Gasteiger partial charge < -0.3 is 14.7 Å². The Morgan fingerprint density at radius 3 is 2.16 bits per heavy atom. The van der Waals surface area contributed by atoms with Gasteiger partial charge in [0.15, 0.2) is 0 Å². The average molecular weight is 833 g/mol. The van der Waals surface area contributed by atoms with Crippen molar-refractivity contribution < 1.29 is 31.5 Å². The first-order chi connectivity index (χ1) is 21.3. The van der Waals surface area contributed by atoms with Crippen LogP contribution in [0.3, 0.4) is 0 Å². The molecule has 0 bridgehead atoms. The zero-order chi connectivity index (χ0) is 32.4. The van der Waals surface area contributed by atoms with Crippen molar-refractivity contribution in [2.75, 3.05) is 44.3 Å². The van der Waals surface area contributed by atoms with Crippen molar-refractivity contribution in [1.29, 1.82) is 0 Å². The number of carbonyl (C=O) groups is 1. The van der Waals surface area contributed by atoms with Crippen molar-refractivity contribution in [2.24, 2.45) is 11.8 Å². The van der Waals surface area contributed by atoms with Crippen molar-refractivity contribution in [3.63, 3.8) is 0 Å². The van der Waals surface area contributed by atoms with Crippen LogP contribution in [0.25, 0.3) is 0 Å². The molecule has 0 saturated carbocycles.